The summed E-state index contributed by atoms with van der Waals surface area (Å²) < 4.78 is 5.30. The minimum Gasteiger partial charge on any atom is -0.440 e. The molecule has 2 aromatic heterocycles. The molecule has 0 saturated heterocycles. The fraction of sp³-hybridized carbons (Fsp3) is 0.417. The van der Waals surface area contributed by atoms with Gasteiger partial charge in [-0.3, -0.25) is 0 Å². The summed E-state index contributed by atoms with van der Waals surface area (Å²) in [6.07, 6.45) is 4.20. The molecule has 2 aromatic rings. The molecule has 17 heavy (non-hydrogen) atoms. The van der Waals surface area contributed by atoms with Gasteiger partial charge in [0.15, 0.2) is 0 Å². The molecule has 3 nitrogen and oxygen atoms in total. The third-order valence-corrected chi connectivity index (χ3v) is 5.15. The fourth-order valence-corrected chi connectivity index (χ4v) is 4.01. The number of hydrogen-bond donors (Lipinski definition) is 1. The van der Waals surface area contributed by atoms with Crippen molar-refractivity contribution >= 4 is 23.1 Å². The number of rotatable bonds is 5. The summed E-state index contributed by atoms with van der Waals surface area (Å²) in [5.41, 5.74) is 7.50. The van der Waals surface area contributed by atoms with Crippen LogP contribution in [0.3, 0.4) is 0 Å². The largest absolute Gasteiger partial charge is 0.440 e. The van der Waals surface area contributed by atoms with Crippen LogP contribution in [0.2, 0.25) is 0 Å². The Bertz CT molecular complexity index is 453. The first-order valence-corrected chi connectivity index (χ1v) is 7.34. The average molecular weight is 268 g/mol. The fourth-order valence-electron chi connectivity index (χ4n) is 1.60. The normalized spacial score (nSPS) is 14.8. The van der Waals surface area contributed by atoms with Crippen LogP contribution in [0.25, 0.3) is 0 Å². The van der Waals surface area contributed by atoms with Crippen LogP contribution in [0.5, 0.6) is 0 Å². The Balaban J connectivity index is 2.23. The highest BCUT2D eigenvalue weighted by molar-refractivity contribution is 7.99. The van der Waals surface area contributed by atoms with E-state index in [1.54, 1.807) is 35.6 Å². The molecular formula is C12H16N2OS2. The van der Waals surface area contributed by atoms with Crippen LogP contribution >= 0.6 is 23.1 Å². The summed E-state index contributed by atoms with van der Waals surface area (Å²) in [6, 6.07) is 2.25. The average Bonchev–Trinajstić information content (AvgIpc) is 2.96. The first-order chi connectivity index (χ1) is 8.22. The molecule has 0 bridgehead atoms. The van der Waals surface area contributed by atoms with Crippen LogP contribution in [0, 0.1) is 6.92 Å². The minimum atomic E-state index is 0.115. The monoisotopic (exact) mass is 268 g/mol. The highest BCUT2D eigenvalue weighted by Gasteiger charge is 2.24. The van der Waals surface area contributed by atoms with E-state index in [0.29, 0.717) is 5.22 Å². The Labute approximate surface area is 109 Å². The molecule has 2 unspecified atom stereocenters. The van der Waals surface area contributed by atoms with Crippen molar-refractivity contribution in [1.82, 2.24) is 4.98 Å². The van der Waals surface area contributed by atoms with E-state index in [-0.39, 0.29) is 11.3 Å². The Morgan fingerprint density at radius 1 is 1.59 bits per heavy atom. The summed E-state index contributed by atoms with van der Waals surface area (Å²) in [7, 11) is 0. The van der Waals surface area contributed by atoms with Crippen LogP contribution in [0.15, 0.2) is 33.5 Å². The van der Waals surface area contributed by atoms with E-state index in [4.69, 9.17) is 10.2 Å². The van der Waals surface area contributed by atoms with Crippen molar-refractivity contribution in [3.63, 3.8) is 0 Å². The molecule has 0 radical (unpaired) electrons. The van der Waals surface area contributed by atoms with Crippen molar-refractivity contribution in [1.29, 1.82) is 0 Å². The number of aromatic nitrogens is 1. The van der Waals surface area contributed by atoms with Gasteiger partial charge in [-0.25, -0.2) is 4.98 Å². The lowest BCUT2D eigenvalue weighted by molar-refractivity contribution is 0.451. The maximum atomic E-state index is 6.21. The molecule has 0 saturated carbocycles. The van der Waals surface area contributed by atoms with Crippen molar-refractivity contribution in [3.05, 3.63) is 34.3 Å². The van der Waals surface area contributed by atoms with Gasteiger partial charge in [-0.05, 0) is 30.4 Å². The molecule has 2 heterocycles. The van der Waals surface area contributed by atoms with Gasteiger partial charge in [-0.1, -0.05) is 18.7 Å². The summed E-state index contributed by atoms with van der Waals surface area (Å²) in [5, 5.41) is 3.02. The molecular weight excluding hydrogens is 252 g/mol. The summed E-state index contributed by atoms with van der Waals surface area (Å²) >= 11 is 3.36. The number of thioether (sulfide) groups is 1. The molecule has 2 N–H and O–H groups in total. The Morgan fingerprint density at radius 3 is 2.94 bits per heavy atom. The number of aryl methyl sites for hydroxylation is 1. The summed E-state index contributed by atoms with van der Waals surface area (Å²) in [5.74, 6) is 0. The molecule has 0 aliphatic heterocycles. The van der Waals surface area contributed by atoms with Gasteiger partial charge in [0.25, 0.3) is 5.22 Å². The number of thiophene rings is 1. The third-order valence-electron chi connectivity index (χ3n) is 2.66. The standard InChI is InChI=1S/C12H16N2OS2/c1-3-9(13)11(10-8(2)4-7-16-10)17-12-14-5-6-15-12/h4-7,9,11H,3,13H2,1-2H3. The zero-order valence-electron chi connectivity index (χ0n) is 9.92. The molecule has 2 atom stereocenters. The van der Waals surface area contributed by atoms with Gasteiger partial charge in [-0.15, -0.1) is 11.3 Å². The summed E-state index contributed by atoms with van der Waals surface area (Å²) in [6.45, 7) is 4.23. The second-order valence-corrected chi connectivity index (χ2v) is 5.92. The second kappa shape index (κ2) is 5.71. The zero-order chi connectivity index (χ0) is 12.3. The molecule has 5 heteroatoms. The Morgan fingerprint density at radius 2 is 2.41 bits per heavy atom. The van der Waals surface area contributed by atoms with Crippen LogP contribution in [-0.2, 0) is 0 Å². The van der Waals surface area contributed by atoms with Crippen LogP contribution in [-0.4, -0.2) is 11.0 Å². The lowest BCUT2D eigenvalue weighted by Gasteiger charge is -2.20. The number of oxazole rings is 1. The van der Waals surface area contributed by atoms with E-state index in [1.165, 1.54) is 10.4 Å². The van der Waals surface area contributed by atoms with Gasteiger partial charge < -0.3 is 10.2 Å². The minimum absolute atomic E-state index is 0.115. The Kier molecular flexibility index (Phi) is 4.25. The molecule has 0 aromatic carbocycles. The highest BCUT2D eigenvalue weighted by atomic mass is 32.2. The van der Waals surface area contributed by atoms with Gasteiger partial charge in [0, 0.05) is 10.9 Å². The first-order valence-electron chi connectivity index (χ1n) is 5.58. The molecule has 92 valence electrons. The van der Waals surface area contributed by atoms with Crippen LogP contribution in [0.4, 0.5) is 0 Å². The predicted molar refractivity (Wildman–Crippen MR) is 72.4 cm³/mol. The third kappa shape index (κ3) is 2.91. The van der Waals surface area contributed by atoms with Crippen molar-refractivity contribution < 1.29 is 4.42 Å². The lowest BCUT2D eigenvalue weighted by atomic mass is 10.1. The number of hydrogen-bond acceptors (Lipinski definition) is 5. The van der Waals surface area contributed by atoms with Crippen LogP contribution < -0.4 is 5.73 Å². The van der Waals surface area contributed by atoms with Crippen LogP contribution in [0.1, 0.15) is 29.0 Å². The van der Waals surface area contributed by atoms with Crippen molar-refractivity contribution in [2.45, 2.75) is 36.8 Å². The molecule has 0 fully saturated rings. The quantitative estimate of drug-likeness (QED) is 0.842. The van der Waals surface area contributed by atoms with E-state index in [1.807, 2.05) is 0 Å². The van der Waals surface area contributed by atoms with E-state index in [2.05, 4.69) is 30.3 Å². The van der Waals surface area contributed by atoms with Crippen molar-refractivity contribution in [2.75, 3.05) is 0 Å². The lowest BCUT2D eigenvalue weighted by Crippen LogP contribution is -2.25. The zero-order valence-corrected chi connectivity index (χ0v) is 11.6. The maximum absolute atomic E-state index is 6.21. The molecule has 0 spiro atoms. The van der Waals surface area contributed by atoms with E-state index in [0.717, 1.165) is 6.42 Å². The second-order valence-electron chi connectivity index (χ2n) is 3.88. The van der Waals surface area contributed by atoms with Gasteiger partial charge in [0.2, 0.25) is 0 Å². The predicted octanol–water partition coefficient (Wildman–Crippen LogP) is 3.62. The van der Waals surface area contributed by atoms with Crippen molar-refractivity contribution in [2.24, 2.45) is 5.73 Å². The number of nitrogens with zero attached hydrogens (tertiary/aromatic N) is 1. The van der Waals surface area contributed by atoms with E-state index < -0.39 is 0 Å². The van der Waals surface area contributed by atoms with Gasteiger partial charge in [0.05, 0.1) is 11.4 Å². The maximum Gasteiger partial charge on any atom is 0.256 e. The molecule has 0 amide bonds. The topological polar surface area (TPSA) is 52.0 Å². The highest BCUT2D eigenvalue weighted by Crippen LogP contribution is 2.40. The van der Waals surface area contributed by atoms with E-state index >= 15 is 0 Å². The molecule has 0 aliphatic carbocycles. The molecule has 2 rings (SSSR count). The van der Waals surface area contributed by atoms with Gasteiger partial charge in [0.1, 0.15) is 6.26 Å². The van der Waals surface area contributed by atoms with Crippen molar-refractivity contribution in [3.8, 4) is 0 Å². The summed E-state index contributed by atoms with van der Waals surface area (Å²) in [4.78, 5) is 5.48. The van der Waals surface area contributed by atoms with E-state index in [9.17, 15) is 0 Å². The van der Waals surface area contributed by atoms with Gasteiger partial charge >= 0.3 is 0 Å². The molecule has 0 aliphatic rings. The SMILES string of the molecule is CCC(N)C(Sc1ncco1)c1sccc1C. The first kappa shape index (κ1) is 12.7. The number of nitrogens with two attached hydrogens (primary N) is 1. The Hall–Kier alpha value is -0.780. The smallest absolute Gasteiger partial charge is 0.256 e. The van der Waals surface area contributed by atoms with Gasteiger partial charge in [-0.2, -0.15) is 0 Å².